The fourth-order valence-electron chi connectivity index (χ4n) is 2.90. The molecule has 1 amide bonds. The van der Waals surface area contributed by atoms with Gasteiger partial charge in [0.05, 0.1) is 19.3 Å². The van der Waals surface area contributed by atoms with Crippen molar-refractivity contribution >= 4 is 17.6 Å². The fourth-order valence-corrected chi connectivity index (χ4v) is 2.90. The van der Waals surface area contributed by atoms with Crippen molar-refractivity contribution in [1.29, 1.82) is 0 Å². The van der Waals surface area contributed by atoms with Crippen molar-refractivity contribution in [3.8, 4) is 11.5 Å². The minimum atomic E-state index is -0.360. The van der Waals surface area contributed by atoms with Crippen LogP contribution in [0, 0.1) is 0 Å². The van der Waals surface area contributed by atoms with E-state index in [1.807, 2.05) is 24.3 Å². The highest BCUT2D eigenvalue weighted by Crippen LogP contribution is 2.17. The predicted molar refractivity (Wildman–Crippen MR) is 121 cm³/mol. The first-order valence-corrected chi connectivity index (χ1v) is 10.6. The van der Waals surface area contributed by atoms with Gasteiger partial charge in [0.25, 0.3) is 0 Å². The molecule has 0 aliphatic heterocycles. The average Bonchev–Trinajstić information content (AvgIpc) is 2.80. The molecule has 1 N–H and O–H groups in total. The number of benzene rings is 2. The molecule has 0 heterocycles. The van der Waals surface area contributed by atoms with Gasteiger partial charge in [-0.25, -0.2) is 4.79 Å². The average molecular weight is 429 g/mol. The Labute approximate surface area is 184 Å². The summed E-state index contributed by atoms with van der Waals surface area (Å²) < 4.78 is 16.0. The fraction of sp³-hybridized carbons (Fsp3) is 0.417. The second kappa shape index (κ2) is 13.3. The number of hydrogen-bond acceptors (Lipinski definition) is 6. The van der Waals surface area contributed by atoms with Gasteiger partial charge >= 0.3 is 5.97 Å². The molecular formula is C24H32N2O5. The van der Waals surface area contributed by atoms with Crippen LogP contribution in [0.1, 0.15) is 37.0 Å². The number of nitrogens with zero attached hydrogens (tertiary/aromatic N) is 1. The van der Waals surface area contributed by atoms with Crippen molar-refractivity contribution in [3.05, 3.63) is 54.1 Å². The number of nitrogens with one attached hydrogen (secondary N) is 1. The van der Waals surface area contributed by atoms with E-state index in [1.54, 1.807) is 31.4 Å². The summed E-state index contributed by atoms with van der Waals surface area (Å²) in [6, 6.07) is 14.0. The lowest BCUT2D eigenvalue weighted by Crippen LogP contribution is -2.27. The monoisotopic (exact) mass is 428 g/mol. The lowest BCUT2D eigenvalue weighted by atomic mass is 10.2. The Hall–Kier alpha value is -3.06. The van der Waals surface area contributed by atoms with Crippen LogP contribution in [0.3, 0.4) is 0 Å². The summed E-state index contributed by atoms with van der Waals surface area (Å²) in [5, 5.41) is 2.83. The lowest BCUT2D eigenvalue weighted by molar-refractivity contribution is -0.116. The van der Waals surface area contributed by atoms with E-state index in [2.05, 4.69) is 24.1 Å². The first-order valence-electron chi connectivity index (χ1n) is 10.6. The van der Waals surface area contributed by atoms with Gasteiger partial charge in [-0.1, -0.05) is 13.8 Å². The van der Waals surface area contributed by atoms with E-state index >= 15 is 0 Å². The second-order valence-corrected chi connectivity index (χ2v) is 6.92. The molecule has 2 rings (SSSR count). The van der Waals surface area contributed by atoms with Crippen molar-refractivity contribution in [3.63, 3.8) is 0 Å². The molecule has 0 bridgehead atoms. The third-order valence-electron chi connectivity index (χ3n) is 4.82. The van der Waals surface area contributed by atoms with Gasteiger partial charge in [0.15, 0.2) is 0 Å². The third kappa shape index (κ3) is 8.68. The highest BCUT2D eigenvalue weighted by molar-refractivity contribution is 5.93. The van der Waals surface area contributed by atoms with Gasteiger partial charge in [0, 0.05) is 18.7 Å². The molecule has 0 radical (unpaired) electrons. The van der Waals surface area contributed by atoms with Gasteiger partial charge in [-0.15, -0.1) is 0 Å². The Morgan fingerprint density at radius 3 is 2.16 bits per heavy atom. The molecule has 0 spiro atoms. The van der Waals surface area contributed by atoms with E-state index in [9.17, 15) is 9.59 Å². The molecule has 0 saturated carbocycles. The van der Waals surface area contributed by atoms with Crippen molar-refractivity contribution in [2.24, 2.45) is 0 Å². The molecule has 0 aliphatic carbocycles. The number of carbonyl (C=O) groups excluding carboxylic acids is 2. The molecular weight excluding hydrogens is 396 g/mol. The zero-order valence-corrected chi connectivity index (χ0v) is 18.6. The topological polar surface area (TPSA) is 77.1 Å². The van der Waals surface area contributed by atoms with E-state index < -0.39 is 0 Å². The number of rotatable bonds is 13. The van der Waals surface area contributed by atoms with Crippen LogP contribution in [-0.2, 0) is 9.53 Å². The lowest BCUT2D eigenvalue weighted by Gasteiger charge is -2.17. The Morgan fingerprint density at radius 2 is 1.55 bits per heavy atom. The number of methoxy groups -OCH3 is 1. The normalized spacial score (nSPS) is 10.6. The van der Waals surface area contributed by atoms with E-state index in [0.29, 0.717) is 37.3 Å². The van der Waals surface area contributed by atoms with Gasteiger partial charge in [-0.05, 0) is 68.0 Å². The number of ether oxygens (including phenoxy) is 3. The van der Waals surface area contributed by atoms with Gasteiger partial charge in [-0.2, -0.15) is 0 Å². The molecule has 0 aromatic heterocycles. The van der Waals surface area contributed by atoms with Crippen LogP contribution in [-0.4, -0.2) is 56.7 Å². The number of anilines is 1. The van der Waals surface area contributed by atoms with Crippen LogP contribution >= 0.6 is 0 Å². The zero-order chi connectivity index (χ0) is 22.5. The molecule has 2 aromatic carbocycles. The highest BCUT2D eigenvalue weighted by Gasteiger charge is 2.09. The molecule has 31 heavy (non-hydrogen) atoms. The molecule has 7 heteroatoms. The smallest absolute Gasteiger partial charge is 0.338 e. The van der Waals surface area contributed by atoms with Crippen LogP contribution in [0.4, 0.5) is 5.69 Å². The van der Waals surface area contributed by atoms with Gasteiger partial charge in [0.1, 0.15) is 18.1 Å². The van der Waals surface area contributed by atoms with Crippen LogP contribution in [0.25, 0.3) is 0 Å². The summed E-state index contributed by atoms with van der Waals surface area (Å²) >= 11 is 0. The third-order valence-corrected chi connectivity index (χ3v) is 4.82. The molecule has 0 fully saturated rings. The summed E-state index contributed by atoms with van der Waals surface area (Å²) in [7, 11) is 1.61. The summed E-state index contributed by atoms with van der Waals surface area (Å²) in [6.07, 6.45) is 0.931. The number of esters is 1. The van der Waals surface area contributed by atoms with Crippen molar-refractivity contribution in [2.75, 3.05) is 45.3 Å². The van der Waals surface area contributed by atoms with Crippen LogP contribution in [0.2, 0.25) is 0 Å². The van der Waals surface area contributed by atoms with Crippen molar-refractivity contribution in [2.45, 2.75) is 26.7 Å². The van der Waals surface area contributed by atoms with Crippen LogP contribution in [0.15, 0.2) is 48.5 Å². The Kier molecular flexibility index (Phi) is 10.4. The number of likely N-dealkylation sites (N-methyl/N-ethyl adjacent to an activating group) is 1. The van der Waals surface area contributed by atoms with Gasteiger partial charge in [-0.3, -0.25) is 4.79 Å². The predicted octanol–water partition coefficient (Wildman–Crippen LogP) is 3.99. The van der Waals surface area contributed by atoms with Gasteiger partial charge in [0.2, 0.25) is 5.91 Å². The standard InChI is InChI=1S/C24H32N2O5/c1-4-26(5-2)16-18-31-24(28)19-8-10-20(11-9-19)25-23(27)7-6-17-30-22-14-12-21(29-3)13-15-22/h8-15H,4-7,16-18H2,1-3H3,(H,25,27). The summed E-state index contributed by atoms with van der Waals surface area (Å²) in [4.78, 5) is 26.4. The molecule has 0 saturated heterocycles. The largest absolute Gasteiger partial charge is 0.497 e. The quantitative estimate of drug-likeness (QED) is 0.384. The van der Waals surface area contributed by atoms with Crippen LogP contribution in [0.5, 0.6) is 11.5 Å². The minimum absolute atomic E-state index is 0.104. The van der Waals surface area contributed by atoms with Gasteiger partial charge < -0.3 is 24.4 Å². The first-order chi connectivity index (χ1) is 15.0. The SMILES string of the molecule is CCN(CC)CCOC(=O)c1ccc(NC(=O)CCCOc2ccc(OC)cc2)cc1. The molecule has 2 aromatic rings. The zero-order valence-electron chi connectivity index (χ0n) is 18.6. The van der Waals surface area contributed by atoms with Crippen molar-refractivity contribution < 1.29 is 23.8 Å². The van der Waals surface area contributed by atoms with E-state index in [4.69, 9.17) is 14.2 Å². The van der Waals surface area contributed by atoms with E-state index in [1.165, 1.54) is 0 Å². The molecule has 0 atom stereocenters. The number of carbonyl (C=O) groups is 2. The maximum Gasteiger partial charge on any atom is 0.338 e. The van der Waals surface area contributed by atoms with Crippen LogP contribution < -0.4 is 14.8 Å². The molecule has 0 aliphatic rings. The molecule has 168 valence electrons. The molecule has 0 unspecified atom stereocenters. The summed E-state index contributed by atoms with van der Waals surface area (Å²) in [5.74, 6) is 1.04. The Morgan fingerprint density at radius 1 is 0.903 bits per heavy atom. The first kappa shape index (κ1) is 24.2. The number of hydrogen-bond donors (Lipinski definition) is 1. The highest BCUT2D eigenvalue weighted by atomic mass is 16.5. The Balaban J connectivity index is 1.67. The number of amides is 1. The summed E-state index contributed by atoms with van der Waals surface area (Å²) in [6.45, 7) is 7.52. The second-order valence-electron chi connectivity index (χ2n) is 6.92. The van der Waals surface area contributed by atoms with Crippen molar-refractivity contribution in [1.82, 2.24) is 4.90 Å². The minimum Gasteiger partial charge on any atom is -0.497 e. The maximum atomic E-state index is 12.1. The van der Waals surface area contributed by atoms with E-state index in [0.717, 1.165) is 31.1 Å². The molecule has 7 nitrogen and oxygen atoms in total. The maximum absolute atomic E-state index is 12.1. The van der Waals surface area contributed by atoms with E-state index in [-0.39, 0.29) is 11.9 Å². The summed E-state index contributed by atoms with van der Waals surface area (Å²) in [5.41, 5.74) is 1.10. The Bertz CT molecular complexity index is 802.